The number of carbonyl (C=O) groups is 1. The van der Waals surface area contributed by atoms with Crippen LogP contribution in [0.3, 0.4) is 0 Å². The zero-order chi connectivity index (χ0) is 19.4. The second-order valence-electron chi connectivity index (χ2n) is 5.94. The van der Waals surface area contributed by atoms with Crippen LogP contribution in [0.1, 0.15) is 18.4 Å². The molecule has 0 bridgehead atoms. The number of hydrogen-bond donors (Lipinski definition) is 1. The molecule has 2 N–H and O–H groups in total. The Kier molecular flexibility index (Phi) is 5.38. The fourth-order valence-corrected chi connectivity index (χ4v) is 3.09. The zero-order valence-electron chi connectivity index (χ0n) is 14.7. The molecule has 0 aliphatic carbocycles. The molecule has 7 nitrogen and oxygen atoms in total. The summed E-state index contributed by atoms with van der Waals surface area (Å²) in [7, 11) is -2.16. The van der Waals surface area contributed by atoms with Crippen LogP contribution in [0.5, 0.6) is 5.75 Å². The van der Waals surface area contributed by atoms with Gasteiger partial charge in [0.15, 0.2) is 0 Å². The van der Waals surface area contributed by atoms with E-state index in [0.29, 0.717) is 18.5 Å². The van der Waals surface area contributed by atoms with Crippen LogP contribution in [0, 0.1) is 0 Å². The molecule has 1 amide bonds. The molecular formula is C19H19N3O4S. The molecule has 27 heavy (non-hydrogen) atoms. The van der Waals surface area contributed by atoms with Gasteiger partial charge in [-0.05, 0) is 48.0 Å². The normalized spacial score (nSPS) is 15.1. The van der Waals surface area contributed by atoms with Gasteiger partial charge in [-0.15, -0.1) is 0 Å². The van der Waals surface area contributed by atoms with E-state index in [1.54, 1.807) is 7.11 Å². The van der Waals surface area contributed by atoms with E-state index >= 15 is 0 Å². The Morgan fingerprint density at radius 3 is 2.30 bits per heavy atom. The largest absolute Gasteiger partial charge is 0.497 e. The van der Waals surface area contributed by atoms with Gasteiger partial charge in [0.2, 0.25) is 15.9 Å². The molecule has 0 aromatic heterocycles. The van der Waals surface area contributed by atoms with E-state index in [-0.39, 0.29) is 10.8 Å². The van der Waals surface area contributed by atoms with E-state index in [1.165, 1.54) is 29.3 Å². The number of anilines is 1. The maximum atomic E-state index is 12.2. The first-order valence-electron chi connectivity index (χ1n) is 8.22. The van der Waals surface area contributed by atoms with Crippen LogP contribution in [0.4, 0.5) is 5.69 Å². The fraction of sp³-hybridized carbons (Fsp3) is 0.158. The van der Waals surface area contributed by atoms with Gasteiger partial charge in [-0.1, -0.05) is 18.2 Å². The average Bonchev–Trinajstić information content (AvgIpc) is 2.67. The Balaban J connectivity index is 1.81. The monoisotopic (exact) mass is 385 g/mol. The van der Waals surface area contributed by atoms with Gasteiger partial charge in [0.05, 0.1) is 23.4 Å². The number of hydrazone groups is 1. The smallest absolute Gasteiger partial charge is 0.247 e. The van der Waals surface area contributed by atoms with E-state index in [2.05, 4.69) is 5.10 Å². The molecule has 0 radical (unpaired) electrons. The number of carbonyl (C=O) groups excluding carboxylic acids is 1. The third-order valence-electron chi connectivity index (χ3n) is 4.05. The SMILES string of the molecule is COc1ccc(/C=C/C2=NN(c3ccc(S(N)(=O)=O)cc3)C(=O)CC2)cc1. The second-order valence-corrected chi connectivity index (χ2v) is 7.50. The maximum Gasteiger partial charge on any atom is 0.247 e. The van der Waals surface area contributed by atoms with Crippen molar-refractivity contribution in [3.8, 4) is 5.75 Å². The molecule has 0 unspecified atom stereocenters. The van der Waals surface area contributed by atoms with Crippen LogP contribution in [0.15, 0.2) is 64.6 Å². The number of benzene rings is 2. The third-order valence-corrected chi connectivity index (χ3v) is 4.98. The first kappa shape index (κ1) is 18.8. The lowest BCUT2D eigenvalue weighted by molar-refractivity contribution is -0.118. The Morgan fingerprint density at radius 2 is 1.70 bits per heavy atom. The number of allylic oxidation sites excluding steroid dienone is 1. The summed E-state index contributed by atoms with van der Waals surface area (Å²) in [4.78, 5) is 12.2. The van der Waals surface area contributed by atoms with Gasteiger partial charge in [0.25, 0.3) is 0 Å². The van der Waals surface area contributed by atoms with Crippen molar-refractivity contribution in [1.29, 1.82) is 0 Å². The molecule has 8 heteroatoms. The second kappa shape index (κ2) is 7.73. The standard InChI is InChI=1S/C19H19N3O4S/c1-26-17-9-3-14(4-10-17)2-5-15-6-13-19(23)22(21-15)16-7-11-18(12-8-16)27(20,24)25/h2-5,7-12H,6,13H2,1H3,(H2,20,24,25)/b5-2+. The average molecular weight is 385 g/mol. The summed E-state index contributed by atoms with van der Waals surface area (Å²) in [5.74, 6) is 0.627. The number of sulfonamides is 1. The number of ether oxygens (including phenoxy) is 1. The van der Waals surface area contributed by atoms with Crippen molar-refractivity contribution in [1.82, 2.24) is 0 Å². The molecule has 0 fully saturated rings. The van der Waals surface area contributed by atoms with Gasteiger partial charge in [0, 0.05) is 12.8 Å². The van der Waals surface area contributed by atoms with Gasteiger partial charge in [-0.2, -0.15) is 5.10 Å². The van der Waals surface area contributed by atoms with Crippen molar-refractivity contribution in [3.63, 3.8) is 0 Å². The van der Waals surface area contributed by atoms with E-state index in [1.807, 2.05) is 36.4 Å². The summed E-state index contributed by atoms with van der Waals surface area (Å²) in [6.45, 7) is 0. The van der Waals surface area contributed by atoms with Gasteiger partial charge < -0.3 is 4.74 Å². The van der Waals surface area contributed by atoms with Crippen molar-refractivity contribution >= 4 is 33.4 Å². The first-order chi connectivity index (χ1) is 12.9. The summed E-state index contributed by atoms with van der Waals surface area (Å²) in [6, 6.07) is 13.3. The number of nitrogens with zero attached hydrogens (tertiary/aromatic N) is 2. The summed E-state index contributed by atoms with van der Waals surface area (Å²) in [6.07, 6.45) is 4.64. The van der Waals surface area contributed by atoms with E-state index in [9.17, 15) is 13.2 Å². The topological polar surface area (TPSA) is 102 Å². The molecule has 0 atom stereocenters. The lowest BCUT2D eigenvalue weighted by atomic mass is 10.1. The van der Waals surface area contributed by atoms with E-state index < -0.39 is 10.0 Å². The quantitative estimate of drug-likeness (QED) is 0.854. The number of nitrogens with two attached hydrogens (primary N) is 1. The maximum absolute atomic E-state index is 12.2. The van der Waals surface area contributed by atoms with Crippen molar-refractivity contribution in [2.45, 2.75) is 17.7 Å². The molecule has 2 aromatic carbocycles. The highest BCUT2D eigenvalue weighted by atomic mass is 32.2. The number of primary sulfonamides is 1. The van der Waals surface area contributed by atoms with Crippen molar-refractivity contribution in [2.75, 3.05) is 12.1 Å². The van der Waals surface area contributed by atoms with Crippen LogP contribution in [0.25, 0.3) is 6.08 Å². The minimum absolute atomic E-state index is 0.0145. The van der Waals surface area contributed by atoms with Crippen LogP contribution in [-0.2, 0) is 14.8 Å². The van der Waals surface area contributed by atoms with Crippen LogP contribution in [0.2, 0.25) is 0 Å². The minimum Gasteiger partial charge on any atom is -0.497 e. The molecule has 0 spiro atoms. The first-order valence-corrected chi connectivity index (χ1v) is 9.77. The number of methoxy groups -OCH3 is 1. The molecule has 1 aliphatic heterocycles. The van der Waals surface area contributed by atoms with Crippen molar-refractivity contribution < 1.29 is 17.9 Å². The molecule has 1 heterocycles. The summed E-state index contributed by atoms with van der Waals surface area (Å²) < 4.78 is 27.8. The fourth-order valence-electron chi connectivity index (χ4n) is 2.58. The lowest BCUT2D eigenvalue weighted by Gasteiger charge is -2.22. The Labute approximate surface area is 157 Å². The molecule has 2 aromatic rings. The zero-order valence-corrected chi connectivity index (χ0v) is 15.5. The van der Waals surface area contributed by atoms with Gasteiger partial charge >= 0.3 is 0 Å². The molecular weight excluding hydrogens is 366 g/mol. The van der Waals surface area contributed by atoms with Gasteiger partial charge in [0.1, 0.15) is 5.75 Å². The molecule has 3 rings (SSSR count). The van der Waals surface area contributed by atoms with Crippen LogP contribution < -0.4 is 14.9 Å². The van der Waals surface area contributed by atoms with Gasteiger partial charge in [-0.3, -0.25) is 4.79 Å². The molecule has 0 saturated heterocycles. The highest BCUT2D eigenvalue weighted by Crippen LogP contribution is 2.22. The van der Waals surface area contributed by atoms with Crippen LogP contribution in [-0.4, -0.2) is 27.1 Å². The lowest BCUT2D eigenvalue weighted by Crippen LogP contribution is -2.31. The Hall–Kier alpha value is -2.97. The Bertz CT molecular complexity index is 994. The highest BCUT2D eigenvalue weighted by Gasteiger charge is 2.21. The van der Waals surface area contributed by atoms with E-state index in [4.69, 9.17) is 9.88 Å². The summed E-state index contributed by atoms with van der Waals surface area (Å²) in [5, 5.41) is 10.8. The number of amides is 1. The van der Waals surface area contributed by atoms with Crippen molar-refractivity contribution in [2.24, 2.45) is 10.2 Å². The molecule has 140 valence electrons. The summed E-state index contributed by atoms with van der Waals surface area (Å²) >= 11 is 0. The molecule has 1 aliphatic rings. The van der Waals surface area contributed by atoms with Gasteiger partial charge in [-0.25, -0.2) is 18.6 Å². The predicted molar refractivity (Wildman–Crippen MR) is 104 cm³/mol. The highest BCUT2D eigenvalue weighted by molar-refractivity contribution is 7.89. The van der Waals surface area contributed by atoms with Crippen LogP contribution >= 0.6 is 0 Å². The summed E-state index contributed by atoms with van der Waals surface area (Å²) in [5.41, 5.74) is 2.22. The number of rotatable bonds is 5. The van der Waals surface area contributed by atoms with E-state index in [0.717, 1.165) is 17.0 Å². The Morgan fingerprint density at radius 1 is 1.04 bits per heavy atom. The molecule has 0 saturated carbocycles. The minimum atomic E-state index is -3.78. The predicted octanol–water partition coefficient (Wildman–Crippen LogP) is 2.54. The third kappa shape index (κ3) is 4.60. The number of hydrogen-bond acceptors (Lipinski definition) is 5. The van der Waals surface area contributed by atoms with Crippen molar-refractivity contribution in [3.05, 3.63) is 60.2 Å².